The fraction of sp³-hybridized carbons (Fsp3) is 1.00. The Hall–Kier alpha value is 0.685. The summed E-state index contributed by atoms with van der Waals surface area (Å²) in [4.78, 5) is 22.8. The fourth-order valence-corrected chi connectivity index (χ4v) is 8.74. The quantitative estimate of drug-likeness (QED) is 0.204. The van der Waals surface area contributed by atoms with Crippen LogP contribution in [0.4, 0.5) is 0 Å². The highest BCUT2D eigenvalue weighted by molar-refractivity contribution is 7.49. The van der Waals surface area contributed by atoms with Gasteiger partial charge in [0.05, 0.1) is 22.5 Å². The molecule has 9 heteroatoms. The molecule has 1 aliphatic heterocycles. The van der Waals surface area contributed by atoms with Crippen molar-refractivity contribution in [3.8, 4) is 0 Å². The SMILES string of the molecule is B[C@H]1CC[C@@H](C(C)(CC)OP(O)C(CC)(CC)C(CC)(CC)OP(O)C(O)(CC)CC)O1. The highest BCUT2D eigenvalue weighted by Crippen LogP contribution is 2.66. The Morgan fingerprint density at radius 3 is 1.69 bits per heavy atom. The summed E-state index contributed by atoms with van der Waals surface area (Å²) < 4.78 is 19.2. The fourth-order valence-electron chi connectivity index (χ4n) is 5.12. The average molecular weight is 494 g/mol. The monoisotopic (exact) mass is 494 g/mol. The zero-order chi connectivity index (χ0) is 24.8. The summed E-state index contributed by atoms with van der Waals surface area (Å²) in [5, 5.41) is 9.00. The maximum Gasteiger partial charge on any atom is 0.202 e. The van der Waals surface area contributed by atoms with Crippen LogP contribution in [0.3, 0.4) is 0 Å². The van der Waals surface area contributed by atoms with Gasteiger partial charge in [-0.1, -0.05) is 48.5 Å². The lowest BCUT2D eigenvalue weighted by Gasteiger charge is -2.53. The van der Waals surface area contributed by atoms with Crippen LogP contribution in [0.1, 0.15) is 113 Å². The highest BCUT2D eigenvalue weighted by Gasteiger charge is 2.58. The Labute approximate surface area is 200 Å². The first-order valence-corrected chi connectivity index (χ1v) is 15.1. The van der Waals surface area contributed by atoms with Crippen LogP contribution in [-0.4, -0.2) is 56.5 Å². The largest absolute Gasteiger partial charge is 0.381 e. The Kier molecular flexibility index (Phi) is 12.1. The van der Waals surface area contributed by atoms with Gasteiger partial charge in [0.15, 0.2) is 8.38 Å². The molecule has 1 aliphatic rings. The van der Waals surface area contributed by atoms with Gasteiger partial charge in [-0.2, -0.15) is 0 Å². The van der Waals surface area contributed by atoms with Crippen molar-refractivity contribution in [3.05, 3.63) is 0 Å². The van der Waals surface area contributed by atoms with Crippen molar-refractivity contribution in [3.63, 3.8) is 0 Å². The summed E-state index contributed by atoms with van der Waals surface area (Å²) in [5.74, 6) is 0. The van der Waals surface area contributed by atoms with Crippen LogP contribution in [-0.2, 0) is 13.8 Å². The number of hydrogen-bond donors (Lipinski definition) is 3. The van der Waals surface area contributed by atoms with Crippen LogP contribution in [0.2, 0.25) is 0 Å². The predicted octanol–water partition coefficient (Wildman–Crippen LogP) is 5.56. The third-order valence-electron chi connectivity index (χ3n) is 8.19. The second-order valence-corrected chi connectivity index (χ2v) is 12.7. The van der Waals surface area contributed by atoms with E-state index in [-0.39, 0.29) is 12.1 Å². The van der Waals surface area contributed by atoms with Gasteiger partial charge < -0.3 is 28.7 Å². The van der Waals surface area contributed by atoms with Crippen molar-refractivity contribution in [1.29, 1.82) is 0 Å². The van der Waals surface area contributed by atoms with Gasteiger partial charge in [-0.15, -0.1) is 0 Å². The summed E-state index contributed by atoms with van der Waals surface area (Å²) in [5.41, 5.74) is -1.40. The van der Waals surface area contributed by atoms with Crippen LogP contribution in [0.15, 0.2) is 0 Å². The molecule has 0 aromatic carbocycles. The van der Waals surface area contributed by atoms with E-state index in [0.29, 0.717) is 38.5 Å². The Bertz CT molecular complexity index is 557. The van der Waals surface area contributed by atoms with E-state index < -0.39 is 38.5 Å². The molecule has 5 atom stereocenters. The van der Waals surface area contributed by atoms with E-state index in [2.05, 4.69) is 28.6 Å². The van der Waals surface area contributed by atoms with Gasteiger partial charge in [-0.3, -0.25) is 0 Å². The summed E-state index contributed by atoms with van der Waals surface area (Å²) >= 11 is 0. The first kappa shape index (κ1) is 30.7. The van der Waals surface area contributed by atoms with Crippen molar-refractivity contribution in [2.75, 3.05) is 0 Å². The maximum absolute atomic E-state index is 11.8. The topological polar surface area (TPSA) is 88.4 Å². The van der Waals surface area contributed by atoms with Gasteiger partial charge in [0.2, 0.25) is 8.38 Å². The smallest absolute Gasteiger partial charge is 0.202 e. The van der Waals surface area contributed by atoms with Gasteiger partial charge in [0, 0.05) is 6.00 Å². The van der Waals surface area contributed by atoms with Gasteiger partial charge in [-0.05, 0) is 64.7 Å². The maximum atomic E-state index is 11.8. The molecule has 190 valence electrons. The third-order valence-corrected chi connectivity index (χ3v) is 12.4. The van der Waals surface area contributed by atoms with Crippen LogP contribution in [0, 0.1) is 0 Å². The van der Waals surface area contributed by atoms with E-state index in [9.17, 15) is 14.9 Å². The van der Waals surface area contributed by atoms with Gasteiger partial charge >= 0.3 is 0 Å². The van der Waals surface area contributed by atoms with Crippen molar-refractivity contribution in [1.82, 2.24) is 0 Å². The van der Waals surface area contributed by atoms with Crippen LogP contribution < -0.4 is 0 Å². The van der Waals surface area contributed by atoms with Crippen molar-refractivity contribution in [2.24, 2.45) is 0 Å². The molecule has 3 unspecified atom stereocenters. The van der Waals surface area contributed by atoms with Crippen molar-refractivity contribution >= 4 is 24.6 Å². The number of rotatable bonds is 15. The second-order valence-electron chi connectivity index (χ2n) is 9.54. The molecule has 32 heavy (non-hydrogen) atoms. The molecule has 1 fully saturated rings. The van der Waals surface area contributed by atoms with Gasteiger partial charge in [-0.25, -0.2) is 0 Å². The van der Waals surface area contributed by atoms with Crippen LogP contribution in [0.25, 0.3) is 0 Å². The second kappa shape index (κ2) is 12.6. The lowest BCUT2D eigenvalue weighted by Crippen LogP contribution is -2.55. The molecular weight excluding hydrogens is 445 g/mol. The van der Waals surface area contributed by atoms with Crippen LogP contribution in [0.5, 0.6) is 0 Å². The lowest BCUT2D eigenvalue weighted by molar-refractivity contribution is -0.0726. The standard InChI is InChI=1S/C23H49BO6P2/c1-9-20(8,18-16-17-19(24)28-18)29-31(26)22(12-4,13-5)21(10-2,11-3)30-32(27)23(25,14-6)15-7/h18-19,25-27H,9-17,24H2,1-8H3/t18-,19+,20?,31?,32?/m0/s1. The summed E-state index contributed by atoms with van der Waals surface area (Å²) in [7, 11) is -1.93. The Balaban J connectivity index is 3.35. The molecule has 3 N–H and O–H groups in total. The summed E-state index contributed by atoms with van der Waals surface area (Å²) in [6, 6.07) is 0.203. The van der Waals surface area contributed by atoms with Gasteiger partial charge in [0.1, 0.15) is 13.2 Å². The predicted molar refractivity (Wildman–Crippen MR) is 138 cm³/mol. The van der Waals surface area contributed by atoms with Gasteiger partial charge in [0.25, 0.3) is 0 Å². The number of ether oxygens (including phenoxy) is 1. The van der Waals surface area contributed by atoms with E-state index in [1.54, 1.807) is 0 Å². The Morgan fingerprint density at radius 1 is 0.812 bits per heavy atom. The minimum absolute atomic E-state index is 0.0510. The minimum Gasteiger partial charge on any atom is -0.381 e. The van der Waals surface area contributed by atoms with E-state index in [1.807, 2.05) is 34.6 Å². The molecule has 1 rings (SSSR count). The molecule has 0 aromatic rings. The molecule has 0 spiro atoms. The normalized spacial score (nSPS) is 24.3. The Morgan fingerprint density at radius 2 is 1.34 bits per heavy atom. The molecule has 0 amide bonds. The molecule has 0 bridgehead atoms. The third kappa shape index (κ3) is 5.90. The molecular formula is C23H49BO6P2. The molecule has 1 heterocycles. The molecule has 0 aliphatic carbocycles. The molecule has 1 saturated heterocycles. The molecule has 6 nitrogen and oxygen atoms in total. The zero-order valence-electron chi connectivity index (χ0n) is 22.0. The zero-order valence-corrected chi connectivity index (χ0v) is 23.8. The highest BCUT2D eigenvalue weighted by atomic mass is 31.2. The summed E-state index contributed by atoms with van der Waals surface area (Å²) in [6.45, 7) is 16.0. The summed E-state index contributed by atoms with van der Waals surface area (Å²) in [6.07, 6.45) is 5.94. The molecule has 0 radical (unpaired) electrons. The number of aliphatic hydroxyl groups is 1. The van der Waals surface area contributed by atoms with E-state index in [4.69, 9.17) is 13.8 Å². The van der Waals surface area contributed by atoms with Crippen molar-refractivity contribution < 1.29 is 28.7 Å². The first-order chi connectivity index (χ1) is 14.9. The van der Waals surface area contributed by atoms with E-state index in [1.165, 1.54) is 0 Å². The average Bonchev–Trinajstić information content (AvgIpc) is 3.25. The lowest BCUT2D eigenvalue weighted by atomic mass is 9.78. The van der Waals surface area contributed by atoms with Crippen LogP contribution >= 0.6 is 16.8 Å². The molecule has 0 saturated carbocycles. The minimum atomic E-state index is -2.10. The van der Waals surface area contributed by atoms with Crippen molar-refractivity contribution in [2.45, 2.75) is 147 Å². The first-order valence-electron chi connectivity index (χ1n) is 12.7. The van der Waals surface area contributed by atoms with E-state index in [0.717, 1.165) is 19.3 Å². The number of hydrogen-bond acceptors (Lipinski definition) is 6. The van der Waals surface area contributed by atoms with E-state index >= 15 is 0 Å². The molecule has 0 aromatic heterocycles.